The van der Waals surface area contributed by atoms with Crippen LogP contribution in [0.1, 0.15) is 24.0 Å². The van der Waals surface area contributed by atoms with Crippen LogP contribution in [0.5, 0.6) is 0 Å². The molecule has 13 nitrogen and oxygen atoms in total. The SMILES string of the molecule is N=C(N)c1cccc(C2=NOC(CC(=O)O)(C(=O)Nc3ccc(-c4ccccc4S(N)(=O)=O)cc3)C2)c1.O=C(O)C(F)(F)F. The van der Waals surface area contributed by atoms with E-state index in [4.69, 9.17) is 31.0 Å². The minimum absolute atomic E-state index is 0.0370. The molecule has 1 unspecified atom stereocenters. The Labute approximate surface area is 247 Å². The molecule has 8 N–H and O–H groups in total. The van der Waals surface area contributed by atoms with E-state index >= 15 is 0 Å². The van der Waals surface area contributed by atoms with Crippen molar-refractivity contribution in [3.63, 3.8) is 0 Å². The summed E-state index contributed by atoms with van der Waals surface area (Å²) < 4.78 is 55.6. The van der Waals surface area contributed by atoms with E-state index in [-0.39, 0.29) is 17.2 Å². The summed E-state index contributed by atoms with van der Waals surface area (Å²) in [4.78, 5) is 39.1. The number of carboxylic acid groups (broad SMARTS) is 2. The Hall–Kier alpha value is -5.29. The van der Waals surface area contributed by atoms with Gasteiger partial charge in [0.1, 0.15) is 5.84 Å². The predicted molar refractivity (Wildman–Crippen MR) is 150 cm³/mol. The second-order valence-electron chi connectivity index (χ2n) is 9.24. The van der Waals surface area contributed by atoms with Crippen molar-refractivity contribution in [3.8, 4) is 11.1 Å². The summed E-state index contributed by atoms with van der Waals surface area (Å²) in [5, 5.41) is 36.1. The number of rotatable bonds is 8. The molecule has 3 aromatic rings. The third-order valence-corrected chi connectivity index (χ3v) is 7.00. The van der Waals surface area contributed by atoms with Gasteiger partial charge in [0.15, 0.2) is 0 Å². The Morgan fingerprint density at radius 1 is 1.00 bits per heavy atom. The van der Waals surface area contributed by atoms with Crippen LogP contribution in [0, 0.1) is 5.41 Å². The smallest absolute Gasteiger partial charge is 0.481 e. The van der Waals surface area contributed by atoms with Gasteiger partial charge >= 0.3 is 18.1 Å². The number of benzene rings is 3. The number of sulfonamides is 1. The van der Waals surface area contributed by atoms with E-state index in [0.717, 1.165) is 0 Å². The number of anilines is 1. The predicted octanol–water partition coefficient (Wildman–Crippen LogP) is 2.89. The van der Waals surface area contributed by atoms with E-state index in [1.54, 1.807) is 66.7 Å². The molecule has 0 aliphatic carbocycles. The van der Waals surface area contributed by atoms with Crippen molar-refractivity contribution in [1.82, 2.24) is 0 Å². The van der Waals surface area contributed by atoms with Gasteiger partial charge in [-0.25, -0.2) is 18.4 Å². The fraction of sp³-hybridized carbons (Fsp3) is 0.148. The molecule has 0 saturated heterocycles. The molecule has 4 rings (SSSR count). The van der Waals surface area contributed by atoms with E-state index in [1.165, 1.54) is 6.07 Å². The van der Waals surface area contributed by atoms with Crippen LogP contribution in [0.3, 0.4) is 0 Å². The molecular formula is C27H24F3N5O8S. The van der Waals surface area contributed by atoms with Gasteiger partial charge in [-0.1, -0.05) is 53.7 Å². The van der Waals surface area contributed by atoms with Gasteiger partial charge in [-0.3, -0.25) is 15.0 Å². The molecule has 1 aliphatic heterocycles. The first-order chi connectivity index (χ1) is 20.4. The van der Waals surface area contributed by atoms with Crippen molar-refractivity contribution in [2.75, 3.05) is 5.32 Å². The number of hydrogen-bond donors (Lipinski definition) is 6. The Bertz CT molecular complexity index is 1740. The molecule has 0 fully saturated rings. The average Bonchev–Trinajstić information content (AvgIpc) is 3.37. The number of nitrogen functional groups attached to an aromatic ring is 1. The number of alkyl halides is 3. The highest BCUT2D eigenvalue weighted by Gasteiger charge is 2.49. The minimum atomic E-state index is -5.08. The van der Waals surface area contributed by atoms with Gasteiger partial charge in [0.2, 0.25) is 15.6 Å². The number of oxime groups is 1. The number of amidine groups is 1. The van der Waals surface area contributed by atoms with Crippen LogP contribution in [0.4, 0.5) is 18.9 Å². The Morgan fingerprint density at radius 2 is 1.61 bits per heavy atom. The van der Waals surface area contributed by atoms with Crippen LogP contribution in [0.15, 0.2) is 82.8 Å². The third-order valence-electron chi connectivity index (χ3n) is 6.03. The zero-order chi connectivity index (χ0) is 32.9. The highest BCUT2D eigenvalue weighted by atomic mass is 32.2. The molecule has 0 bridgehead atoms. The number of carboxylic acids is 2. The average molecular weight is 636 g/mol. The van der Waals surface area contributed by atoms with Gasteiger partial charge in [-0.05, 0) is 29.8 Å². The van der Waals surface area contributed by atoms with Gasteiger partial charge in [0.05, 0.1) is 17.0 Å². The fourth-order valence-electron chi connectivity index (χ4n) is 3.97. The van der Waals surface area contributed by atoms with E-state index in [9.17, 15) is 36.3 Å². The van der Waals surface area contributed by atoms with E-state index in [1.807, 2.05) is 0 Å². The number of carbonyl (C=O) groups is 3. The summed E-state index contributed by atoms with van der Waals surface area (Å²) in [5.41, 5.74) is 6.37. The highest BCUT2D eigenvalue weighted by Crippen LogP contribution is 2.33. The number of nitrogens with zero attached hydrogens (tertiary/aromatic N) is 1. The van der Waals surface area contributed by atoms with Gasteiger partial charge in [-0.15, -0.1) is 0 Å². The van der Waals surface area contributed by atoms with Gasteiger partial charge in [0, 0.05) is 28.8 Å². The maximum Gasteiger partial charge on any atom is 0.490 e. The molecule has 232 valence electrons. The number of nitrogens with one attached hydrogen (secondary N) is 2. The normalized spacial score (nSPS) is 16.0. The third kappa shape index (κ3) is 8.17. The fourth-order valence-corrected chi connectivity index (χ4v) is 4.73. The number of nitrogens with two attached hydrogens (primary N) is 2. The largest absolute Gasteiger partial charge is 0.490 e. The second-order valence-corrected chi connectivity index (χ2v) is 10.8. The number of amides is 1. The van der Waals surface area contributed by atoms with Crippen molar-refractivity contribution in [1.29, 1.82) is 5.41 Å². The molecule has 0 radical (unpaired) electrons. The van der Waals surface area contributed by atoms with Crippen LogP contribution in [-0.2, 0) is 29.2 Å². The first-order valence-electron chi connectivity index (χ1n) is 12.2. The van der Waals surface area contributed by atoms with Gasteiger partial charge < -0.3 is 26.1 Å². The number of carbonyl (C=O) groups excluding carboxylic acids is 1. The molecule has 0 spiro atoms. The lowest BCUT2D eigenvalue weighted by Gasteiger charge is -2.23. The Balaban J connectivity index is 0.000000676. The maximum absolute atomic E-state index is 13.2. The second kappa shape index (κ2) is 12.9. The Kier molecular flexibility index (Phi) is 9.76. The molecule has 1 aliphatic rings. The molecule has 1 atom stereocenters. The standard InChI is InChI=1S/C25H23N5O6S.C2HF3O2/c26-23(27)17-5-3-4-16(12-17)20-13-25(36-30-20,14-22(31)32)24(33)29-18-10-8-15(9-11-18)19-6-1-2-7-21(19)37(28,34)35;3-2(4,5)1(6)7/h1-12H,13-14H2,(H3,26,27)(H,29,33)(H,31,32)(H2,28,34,35);(H,6,7). The molecule has 0 saturated carbocycles. The van der Waals surface area contributed by atoms with Gasteiger partial charge in [0.25, 0.3) is 5.91 Å². The lowest BCUT2D eigenvalue weighted by molar-refractivity contribution is -0.192. The topological polar surface area (TPSA) is 235 Å². The van der Waals surface area contributed by atoms with E-state index < -0.39 is 46.1 Å². The molecule has 1 heterocycles. The molecule has 17 heteroatoms. The molecule has 1 amide bonds. The van der Waals surface area contributed by atoms with Crippen LogP contribution >= 0.6 is 0 Å². The zero-order valence-corrected chi connectivity index (χ0v) is 23.1. The lowest BCUT2D eigenvalue weighted by atomic mass is 9.89. The summed E-state index contributed by atoms with van der Waals surface area (Å²) >= 11 is 0. The number of aliphatic carboxylic acids is 2. The maximum atomic E-state index is 13.2. The zero-order valence-electron chi connectivity index (χ0n) is 22.3. The van der Waals surface area contributed by atoms with Crippen LogP contribution in [-0.4, -0.2) is 59.8 Å². The number of hydrogen-bond acceptors (Lipinski definition) is 8. The molecule has 0 aromatic heterocycles. The van der Waals surface area contributed by atoms with E-state index in [0.29, 0.717) is 33.7 Å². The van der Waals surface area contributed by atoms with Crippen molar-refractivity contribution in [2.45, 2.75) is 29.5 Å². The quantitative estimate of drug-likeness (QED) is 0.157. The summed E-state index contributed by atoms with van der Waals surface area (Å²) in [6, 6.07) is 19.2. The minimum Gasteiger partial charge on any atom is -0.481 e. The lowest BCUT2D eigenvalue weighted by Crippen LogP contribution is -2.45. The van der Waals surface area contributed by atoms with Crippen molar-refractivity contribution in [3.05, 3.63) is 83.9 Å². The van der Waals surface area contributed by atoms with Crippen LogP contribution in [0.2, 0.25) is 0 Å². The summed E-state index contributed by atoms with van der Waals surface area (Å²) in [7, 11) is -3.95. The molecular weight excluding hydrogens is 611 g/mol. The first kappa shape index (κ1) is 33.2. The van der Waals surface area contributed by atoms with Crippen molar-refractivity contribution < 1.29 is 51.0 Å². The first-order valence-corrected chi connectivity index (χ1v) is 13.7. The number of halogens is 3. The van der Waals surface area contributed by atoms with E-state index in [2.05, 4.69) is 10.5 Å². The van der Waals surface area contributed by atoms with Crippen molar-refractivity contribution in [2.24, 2.45) is 16.0 Å². The van der Waals surface area contributed by atoms with Crippen LogP contribution < -0.4 is 16.2 Å². The molecule has 3 aromatic carbocycles. The van der Waals surface area contributed by atoms with Crippen molar-refractivity contribution >= 4 is 45.1 Å². The number of primary sulfonamides is 1. The highest BCUT2D eigenvalue weighted by molar-refractivity contribution is 7.89. The monoisotopic (exact) mass is 635 g/mol. The summed E-state index contributed by atoms with van der Waals surface area (Å²) in [6.45, 7) is 0. The van der Waals surface area contributed by atoms with Crippen LogP contribution in [0.25, 0.3) is 11.1 Å². The summed E-state index contributed by atoms with van der Waals surface area (Å²) in [5.74, 6) is -4.87. The molecule has 44 heavy (non-hydrogen) atoms. The Morgan fingerprint density at radius 3 is 2.16 bits per heavy atom. The summed E-state index contributed by atoms with van der Waals surface area (Å²) in [6.07, 6.45) is -5.84. The van der Waals surface area contributed by atoms with Gasteiger partial charge in [-0.2, -0.15) is 13.2 Å².